The van der Waals surface area contributed by atoms with Crippen LogP contribution in [0.15, 0.2) is 22.6 Å². The molecule has 0 bridgehead atoms. The van der Waals surface area contributed by atoms with Crippen molar-refractivity contribution in [3.8, 4) is 11.5 Å². The molecule has 0 radical (unpaired) electrons. The van der Waals surface area contributed by atoms with Gasteiger partial charge in [-0.1, -0.05) is 22.9 Å². The van der Waals surface area contributed by atoms with Crippen LogP contribution in [0.5, 0.6) is 0 Å². The van der Waals surface area contributed by atoms with Crippen molar-refractivity contribution in [3.05, 3.63) is 33.5 Å². The van der Waals surface area contributed by atoms with Crippen LogP contribution in [0.2, 0.25) is 0 Å². The van der Waals surface area contributed by atoms with Crippen LogP contribution in [-0.4, -0.2) is 10.2 Å². The zero-order valence-electron chi connectivity index (χ0n) is 8.95. The first-order valence-corrected chi connectivity index (χ1v) is 7.04. The van der Waals surface area contributed by atoms with Gasteiger partial charge in [0.05, 0.1) is 10.4 Å². The minimum Gasteiger partial charge on any atom is -0.419 e. The second-order valence-corrected chi connectivity index (χ2v) is 5.71. The molecule has 1 atom stereocenters. The van der Waals surface area contributed by atoms with E-state index >= 15 is 0 Å². The second kappa shape index (κ2) is 5.43. The van der Waals surface area contributed by atoms with Gasteiger partial charge in [0, 0.05) is 3.57 Å². The normalized spacial score (nSPS) is 12.7. The Morgan fingerprint density at radius 2 is 2.24 bits per heavy atom. The van der Waals surface area contributed by atoms with Crippen molar-refractivity contribution >= 4 is 38.5 Å². The fraction of sp³-hybridized carbons (Fsp3) is 0.273. The molecule has 0 amide bonds. The van der Waals surface area contributed by atoms with Gasteiger partial charge in [-0.15, -0.1) is 10.2 Å². The maximum Gasteiger partial charge on any atom is 0.248 e. The van der Waals surface area contributed by atoms with Gasteiger partial charge in [0.1, 0.15) is 5.82 Å². The number of aromatic nitrogens is 2. The molecule has 2 aromatic rings. The summed E-state index contributed by atoms with van der Waals surface area (Å²) in [4.78, 5) is 0.0573. The number of benzene rings is 1. The van der Waals surface area contributed by atoms with Crippen molar-refractivity contribution in [2.75, 3.05) is 0 Å². The van der Waals surface area contributed by atoms with Crippen LogP contribution in [0.4, 0.5) is 4.39 Å². The number of hydrogen-bond donors (Lipinski definition) is 0. The molecule has 2 rings (SSSR count). The molecule has 17 heavy (non-hydrogen) atoms. The minimum absolute atomic E-state index is 0.0573. The molecule has 6 heteroatoms. The summed E-state index contributed by atoms with van der Waals surface area (Å²) in [6, 6.07) is 4.46. The highest BCUT2D eigenvalue weighted by Crippen LogP contribution is 2.29. The highest BCUT2D eigenvalue weighted by Gasteiger charge is 2.16. The van der Waals surface area contributed by atoms with Crippen LogP contribution < -0.4 is 0 Å². The summed E-state index contributed by atoms with van der Waals surface area (Å²) in [7, 11) is 0. The van der Waals surface area contributed by atoms with E-state index in [4.69, 9.17) is 4.42 Å². The number of alkyl halides is 1. The monoisotopic (exact) mass is 410 g/mol. The van der Waals surface area contributed by atoms with Crippen molar-refractivity contribution < 1.29 is 8.81 Å². The largest absolute Gasteiger partial charge is 0.419 e. The molecule has 0 fully saturated rings. The lowest BCUT2D eigenvalue weighted by Crippen LogP contribution is -1.86. The van der Waals surface area contributed by atoms with Crippen LogP contribution in [0.1, 0.15) is 24.1 Å². The van der Waals surface area contributed by atoms with Crippen LogP contribution in [0.3, 0.4) is 0 Å². The number of rotatable bonds is 3. The number of nitrogens with zero attached hydrogens (tertiary/aromatic N) is 2. The van der Waals surface area contributed by atoms with Gasteiger partial charge in [-0.25, -0.2) is 4.39 Å². The first-order chi connectivity index (χ1) is 8.11. The predicted molar refractivity (Wildman–Crippen MR) is 74.4 cm³/mol. The van der Waals surface area contributed by atoms with Gasteiger partial charge in [0.2, 0.25) is 11.8 Å². The molecular weight excluding hydrogens is 402 g/mol. The molecule has 0 aliphatic heterocycles. The van der Waals surface area contributed by atoms with E-state index in [-0.39, 0.29) is 10.6 Å². The highest BCUT2D eigenvalue weighted by molar-refractivity contribution is 14.1. The van der Waals surface area contributed by atoms with Gasteiger partial charge in [-0.3, -0.25) is 0 Å². The molecule has 1 aromatic carbocycles. The first kappa shape index (κ1) is 12.9. The molecule has 3 nitrogen and oxygen atoms in total. The van der Waals surface area contributed by atoms with E-state index in [1.807, 2.05) is 29.5 Å². The minimum atomic E-state index is -0.273. The second-order valence-electron chi connectivity index (χ2n) is 3.45. The molecule has 90 valence electrons. The fourth-order valence-electron chi connectivity index (χ4n) is 1.31. The van der Waals surface area contributed by atoms with E-state index in [0.717, 1.165) is 15.6 Å². The standard InChI is InChI=1S/C11H9BrFIN2O/c1-2-8(12)11-16-15-10(17-11)7-4-3-6(13)5-9(7)14/h3-5,8H,2H2,1H3. The molecule has 1 heterocycles. The first-order valence-electron chi connectivity index (χ1n) is 5.04. The summed E-state index contributed by atoms with van der Waals surface area (Å²) in [6.07, 6.45) is 0.863. The van der Waals surface area contributed by atoms with E-state index in [9.17, 15) is 4.39 Å². The Labute approximate surface area is 120 Å². The van der Waals surface area contributed by atoms with E-state index in [2.05, 4.69) is 26.1 Å². The van der Waals surface area contributed by atoms with Gasteiger partial charge < -0.3 is 4.42 Å². The zero-order chi connectivity index (χ0) is 12.4. The highest BCUT2D eigenvalue weighted by atomic mass is 127. The maximum atomic E-state index is 13.0. The third-order valence-electron chi connectivity index (χ3n) is 2.23. The van der Waals surface area contributed by atoms with Crippen LogP contribution in [-0.2, 0) is 0 Å². The summed E-state index contributed by atoms with van der Waals surface area (Å²) in [5.41, 5.74) is 0.751. The Morgan fingerprint density at radius 3 is 2.88 bits per heavy atom. The van der Waals surface area contributed by atoms with Gasteiger partial charge >= 0.3 is 0 Å². The Morgan fingerprint density at radius 1 is 1.47 bits per heavy atom. The molecule has 1 aromatic heterocycles. The van der Waals surface area contributed by atoms with E-state index in [0.29, 0.717) is 11.8 Å². The smallest absolute Gasteiger partial charge is 0.248 e. The lowest BCUT2D eigenvalue weighted by atomic mass is 10.2. The van der Waals surface area contributed by atoms with Crippen LogP contribution >= 0.6 is 38.5 Å². The number of halogens is 3. The summed E-state index contributed by atoms with van der Waals surface area (Å²) < 4.78 is 19.3. The molecule has 0 saturated heterocycles. The topological polar surface area (TPSA) is 38.9 Å². The van der Waals surface area contributed by atoms with Crippen molar-refractivity contribution in [3.63, 3.8) is 0 Å². The third-order valence-corrected chi connectivity index (χ3v) is 4.16. The Balaban J connectivity index is 2.37. The lowest BCUT2D eigenvalue weighted by molar-refractivity contribution is 0.500. The molecule has 0 aliphatic rings. The van der Waals surface area contributed by atoms with Gasteiger partial charge in [-0.2, -0.15) is 0 Å². The maximum absolute atomic E-state index is 13.0. The Bertz CT molecular complexity index is 532. The molecule has 0 aliphatic carbocycles. The van der Waals surface area contributed by atoms with Crippen molar-refractivity contribution in [2.45, 2.75) is 18.2 Å². The number of hydrogen-bond acceptors (Lipinski definition) is 3. The van der Waals surface area contributed by atoms with Gasteiger partial charge in [-0.05, 0) is 47.2 Å². The molecule has 0 N–H and O–H groups in total. The summed E-state index contributed by atoms with van der Waals surface area (Å²) in [5.74, 6) is 0.690. The van der Waals surface area contributed by atoms with Gasteiger partial charge in [0.25, 0.3) is 0 Å². The fourth-order valence-corrected chi connectivity index (χ4v) is 2.20. The van der Waals surface area contributed by atoms with Crippen molar-refractivity contribution in [1.82, 2.24) is 10.2 Å². The predicted octanol–water partition coefficient (Wildman–Crippen LogP) is 4.33. The van der Waals surface area contributed by atoms with Crippen molar-refractivity contribution in [1.29, 1.82) is 0 Å². The average Bonchev–Trinajstić information content (AvgIpc) is 2.77. The van der Waals surface area contributed by atoms with Crippen LogP contribution in [0.25, 0.3) is 11.5 Å². The average molecular weight is 411 g/mol. The lowest BCUT2D eigenvalue weighted by Gasteiger charge is -2.00. The summed E-state index contributed by atoms with van der Waals surface area (Å²) in [6.45, 7) is 2.02. The summed E-state index contributed by atoms with van der Waals surface area (Å²) in [5, 5.41) is 7.94. The molecule has 0 saturated carbocycles. The zero-order valence-corrected chi connectivity index (χ0v) is 12.7. The van der Waals surface area contributed by atoms with E-state index < -0.39 is 0 Å². The Kier molecular flexibility index (Phi) is 4.13. The van der Waals surface area contributed by atoms with Crippen molar-refractivity contribution in [2.24, 2.45) is 0 Å². The van der Waals surface area contributed by atoms with E-state index in [1.165, 1.54) is 12.1 Å². The third kappa shape index (κ3) is 2.85. The SMILES string of the molecule is CCC(Br)c1nnc(-c2ccc(F)cc2I)o1. The molecular formula is C11H9BrFIN2O. The quantitative estimate of drug-likeness (QED) is 0.558. The Hall–Kier alpha value is -0.500. The van der Waals surface area contributed by atoms with Gasteiger partial charge in [0.15, 0.2) is 0 Å². The van der Waals surface area contributed by atoms with E-state index in [1.54, 1.807) is 6.07 Å². The molecule has 1 unspecified atom stereocenters. The summed E-state index contributed by atoms with van der Waals surface area (Å²) >= 11 is 5.49. The molecule has 0 spiro atoms. The van der Waals surface area contributed by atoms with Crippen LogP contribution in [0, 0.1) is 9.39 Å².